The molecule has 1 aromatic carbocycles. The van der Waals surface area contributed by atoms with E-state index in [9.17, 15) is 9.18 Å². The highest BCUT2D eigenvalue weighted by Gasteiger charge is 2.42. The summed E-state index contributed by atoms with van der Waals surface area (Å²) in [5, 5.41) is 14.2. The number of benzene rings is 1. The fraction of sp³-hybridized carbons (Fsp3) is 0.625. The predicted octanol–water partition coefficient (Wildman–Crippen LogP) is 4.84. The van der Waals surface area contributed by atoms with Crippen LogP contribution in [0.3, 0.4) is 0 Å². The van der Waals surface area contributed by atoms with Gasteiger partial charge in [-0.2, -0.15) is 10.4 Å². The lowest BCUT2D eigenvalue weighted by Crippen LogP contribution is -2.54. The van der Waals surface area contributed by atoms with Crippen molar-refractivity contribution in [3.63, 3.8) is 0 Å². The van der Waals surface area contributed by atoms with E-state index in [1.54, 1.807) is 10.7 Å². The number of carbonyl (C=O) groups excluding carboxylic acids is 1. The molecule has 2 heterocycles. The first-order valence-corrected chi connectivity index (χ1v) is 11.1. The molecular weight excluding hydrogens is 379 g/mol. The standard InChI is InChI=1S/C24H31FN4O/c1-24(2,23-22-19(25)10-5-11-20(22)28(3)27-23)15-21(30)29-17-8-4-7-16(13-17)14-18(29)9-6-12-26/h5,10-11,16-18H,4,6-9,13-15H2,1-3H3. The number of hydrogen-bond donors (Lipinski definition) is 0. The maximum Gasteiger partial charge on any atom is 0.224 e. The zero-order valence-electron chi connectivity index (χ0n) is 18.2. The number of rotatable bonds is 5. The van der Waals surface area contributed by atoms with Gasteiger partial charge in [0.2, 0.25) is 5.91 Å². The second kappa shape index (κ2) is 8.02. The van der Waals surface area contributed by atoms with Crippen LogP contribution in [-0.2, 0) is 17.3 Å². The fourth-order valence-electron chi connectivity index (χ4n) is 5.72. The van der Waals surface area contributed by atoms with Crippen LogP contribution in [0.2, 0.25) is 0 Å². The van der Waals surface area contributed by atoms with Gasteiger partial charge in [-0.25, -0.2) is 4.39 Å². The van der Waals surface area contributed by atoms with Crippen LogP contribution in [0.5, 0.6) is 0 Å². The molecule has 1 saturated heterocycles. The van der Waals surface area contributed by atoms with Crippen molar-refractivity contribution < 1.29 is 9.18 Å². The summed E-state index contributed by atoms with van der Waals surface area (Å²) in [4.78, 5) is 15.7. The van der Waals surface area contributed by atoms with Gasteiger partial charge in [-0.05, 0) is 43.7 Å². The molecule has 2 aliphatic rings. The predicted molar refractivity (Wildman–Crippen MR) is 114 cm³/mol. The van der Waals surface area contributed by atoms with Crippen molar-refractivity contribution in [1.82, 2.24) is 14.7 Å². The van der Waals surface area contributed by atoms with Gasteiger partial charge < -0.3 is 4.90 Å². The molecule has 1 aliphatic heterocycles. The molecule has 1 amide bonds. The van der Waals surface area contributed by atoms with Gasteiger partial charge in [-0.1, -0.05) is 32.8 Å². The number of piperidine rings is 1. The van der Waals surface area contributed by atoms with Gasteiger partial charge in [-0.3, -0.25) is 9.48 Å². The van der Waals surface area contributed by atoms with Crippen LogP contribution in [0.1, 0.15) is 70.9 Å². The van der Waals surface area contributed by atoms with Crippen molar-refractivity contribution in [2.45, 2.75) is 82.7 Å². The van der Waals surface area contributed by atoms with E-state index in [1.807, 2.05) is 27.0 Å². The lowest BCUT2D eigenvalue weighted by atomic mass is 9.75. The number of nitriles is 1. The topological polar surface area (TPSA) is 61.9 Å². The summed E-state index contributed by atoms with van der Waals surface area (Å²) in [5.74, 6) is 0.498. The average Bonchev–Trinajstić information content (AvgIpc) is 3.05. The number of carbonyl (C=O) groups is 1. The Morgan fingerprint density at radius 2 is 2.13 bits per heavy atom. The van der Waals surface area contributed by atoms with Crippen LogP contribution in [0, 0.1) is 23.1 Å². The smallest absolute Gasteiger partial charge is 0.224 e. The molecule has 1 aliphatic carbocycles. The van der Waals surface area contributed by atoms with Crippen molar-refractivity contribution in [3.05, 3.63) is 29.7 Å². The molecule has 30 heavy (non-hydrogen) atoms. The van der Waals surface area contributed by atoms with E-state index >= 15 is 0 Å². The van der Waals surface area contributed by atoms with E-state index in [0.717, 1.165) is 31.2 Å². The van der Waals surface area contributed by atoms with Crippen molar-refractivity contribution in [3.8, 4) is 6.07 Å². The van der Waals surface area contributed by atoms with Crippen LogP contribution in [0.25, 0.3) is 10.9 Å². The zero-order valence-corrected chi connectivity index (χ0v) is 18.2. The van der Waals surface area contributed by atoms with Gasteiger partial charge in [0.1, 0.15) is 5.82 Å². The molecule has 2 fully saturated rings. The Morgan fingerprint density at radius 3 is 2.90 bits per heavy atom. The number of likely N-dealkylation sites (tertiary alicyclic amines) is 1. The number of aryl methyl sites for hydroxylation is 1. The number of amides is 1. The van der Waals surface area contributed by atoms with Crippen LogP contribution in [-0.4, -0.2) is 32.7 Å². The molecule has 4 rings (SSSR count). The second-order valence-electron chi connectivity index (χ2n) is 9.74. The maximum absolute atomic E-state index is 14.7. The molecule has 0 N–H and O–H groups in total. The Bertz CT molecular complexity index is 989. The first kappa shape index (κ1) is 20.8. The highest BCUT2D eigenvalue weighted by atomic mass is 19.1. The Hall–Kier alpha value is -2.42. The Labute approximate surface area is 177 Å². The maximum atomic E-state index is 14.7. The van der Waals surface area contributed by atoms with Crippen LogP contribution >= 0.6 is 0 Å². The lowest BCUT2D eigenvalue weighted by molar-refractivity contribution is -0.142. The summed E-state index contributed by atoms with van der Waals surface area (Å²) in [5.41, 5.74) is 0.786. The highest BCUT2D eigenvalue weighted by molar-refractivity contribution is 5.85. The highest BCUT2D eigenvalue weighted by Crippen LogP contribution is 2.41. The number of aromatic nitrogens is 2. The molecule has 1 aromatic heterocycles. The third kappa shape index (κ3) is 3.71. The van der Waals surface area contributed by atoms with Crippen molar-refractivity contribution in [2.75, 3.05) is 0 Å². The van der Waals surface area contributed by atoms with Crippen LogP contribution in [0.15, 0.2) is 18.2 Å². The van der Waals surface area contributed by atoms with Gasteiger partial charge >= 0.3 is 0 Å². The molecule has 6 heteroatoms. The summed E-state index contributed by atoms with van der Waals surface area (Å²) in [6.45, 7) is 3.97. The third-order valence-electron chi connectivity index (χ3n) is 7.09. The third-order valence-corrected chi connectivity index (χ3v) is 7.09. The van der Waals surface area contributed by atoms with E-state index in [4.69, 9.17) is 5.26 Å². The SMILES string of the molecule is Cn1nc(C(C)(C)CC(=O)N2C(CCC#N)CC3CCCC2C3)c2c(F)cccc21. The summed E-state index contributed by atoms with van der Waals surface area (Å²) < 4.78 is 16.4. The lowest BCUT2D eigenvalue weighted by Gasteiger charge is -2.49. The van der Waals surface area contributed by atoms with Gasteiger partial charge in [0.15, 0.2) is 0 Å². The molecule has 0 spiro atoms. The Kier molecular flexibility index (Phi) is 5.57. The molecule has 2 aromatic rings. The summed E-state index contributed by atoms with van der Waals surface area (Å²) in [7, 11) is 1.81. The Balaban J connectivity index is 1.62. The van der Waals surface area contributed by atoms with Crippen molar-refractivity contribution in [2.24, 2.45) is 13.0 Å². The molecule has 3 atom stereocenters. The molecule has 3 unspecified atom stereocenters. The zero-order chi connectivity index (χ0) is 21.5. The average molecular weight is 411 g/mol. The van der Waals surface area contributed by atoms with E-state index in [1.165, 1.54) is 18.9 Å². The second-order valence-corrected chi connectivity index (χ2v) is 9.74. The largest absolute Gasteiger partial charge is 0.337 e. The van der Waals surface area contributed by atoms with E-state index in [-0.39, 0.29) is 30.2 Å². The van der Waals surface area contributed by atoms with Crippen molar-refractivity contribution in [1.29, 1.82) is 5.26 Å². The molecule has 1 saturated carbocycles. The monoisotopic (exact) mass is 410 g/mol. The van der Waals surface area contributed by atoms with Crippen LogP contribution < -0.4 is 0 Å². The number of halogens is 1. The quantitative estimate of drug-likeness (QED) is 0.708. The van der Waals surface area contributed by atoms with Crippen molar-refractivity contribution >= 4 is 16.8 Å². The summed E-state index contributed by atoms with van der Waals surface area (Å²) in [6.07, 6.45) is 7.06. The fourth-order valence-corrected chi connectivity index (χ4v) is 5.72. The van der Waals surface area contributed by atoms with E-state index < -0.39 is 5.41 Å². The molecule has 0 radical (unpaired) electrons. The number of nitrogens with zero attached hydrogens (tertiary/aromatic N) is 4. The van der Waals surface area contributed by atoms with Gasteiger partial charge in [-0.15, -0.1) is 0 Å². The minimum absolute atomic E-state index is 0.114. The molecule has 5 nitrogen and oxygen atoms in total. The first-order valence-electron chi connectivity index (χ1n) is 11.1. The van der Waals surface area contributed by atoms with Crippen LogP contribution in [0.4, 0.5) is 4.39 Å². The number of fused-ring (bicyclic) bond motifs is 3. The van der Waals surface area contributed by atoms with E-state index in [2.05, 4.69) is 16.1 Å². The Morgan fingerprint density at radius 1 is 1.33 bits per heavy atom. The molecular formula is C24H31FN4O. The summed E-state index contributed by atoms with van der Waals surface area (Å²) >= 11 is 0. The van der Waals surface area contributed by atoms with E-state index in [0.29, 0.717) is 23.4 Å². The first-order chi connectivity index (χ1) is 14.3. The summed E-state index contributed by atoms with van der Waals surface area (Å²) in [6, 6.07) is 7.68. The normalized spacial score (nSPS) is 24.1. The van der Waals surface area contributed by atoms with Gasteiger partial charge in [0.25, 0.3) is 0 Å². The molecule has 2 bridgehead atoms. The minimum Gasteiger partial charge on any atom is -0.337 e. The minimum atomic E-state index is -0.593. The van der Waals surface area contributed by atoms with Gasteiger partial charge in [0.05, 0.1) is 22.7 Å². The van der Waals surface area contributed by atoms with Gasteiger partial charge in [0, 0.05) is 37.4 Å². The molecule has 160 valence electrons. The number of hydrogen-bond acceptors (Lipinski definition) is 3.